The van der Waals surface area contributed by atoms with Crippen LogP contribution in [0.15, 0.2) is 134 Å². The Kier molecular flexibility index (Phi) is 12.3. The van der Waals surface area contributed by atoms with E-state index in [4.69, 9.17) is 37.9 Å². The lowest BCUT2D eigenvalue weighted by Crippen LogP contribution is -2.67. The van der Waals surface area contributed by atoms with Gasteiger partial charge in [0.2, 0.25) is 6.29 Å². The van der Waals surface area contributed by atoms with Gasteiger partial charge in [-0.3, -0.25) is 4.79 Å². The van der Waals surface area contributed by atoms with Crippen LogP contribution in [0.1, 0.15) is 88.2 Å². The van der Waals surface area contributed by atoms with Crippen molar-refractivity contribution in [2.24, 2.45) is 11.3 Å². The molecule has 0 N–H and O–H groups in total. The van der Waals surface area contributed by atoms with Crippen LogP contribution in [-0.4, -0.2) is 110 Å². The zero-order valence-corrected chi connectivity index (χ0v) is 40.3. The summed E-state index contributed by atoms with van der Waals surface area (Å²) in [5, 5.41) is 4.69. The van der Waals surface area contributed by atoms with Gasteiger partial charge in [0.25, 0.3) is 5.78 Å². The van der Waals surface area contributed by atoms with Crippen LogP contribution >= 0.6 is 0 Å². The van der Waals surface area contributed by atoms with Crippen molar-refractivity contribution in [3.05, 3.63) is 167 Å². The van der Waals surface area contributed by atoms with Crippen molar-refractivity contribution in [2.45, 2.75) is 94.9 Å². The number of carbonyl (C=O) groups excluding carboxylic acids is 5. The smallest absolute Gasteiger partial charge is 0.410 e. The van der Waals surface area contributed by atoms with Crippen molar-refractivity contribution in [3.8, 4) is 11.5 Å². The van der Waals surface area contributed by atoms with Crippen LogP contribution in [0.5, 0.6) is 11.5 Å². The molecule has 2 bridgehead atoms. The summed E-state index contributed by atoms with van der Waals surface area (Å²) >= 11 is 0. The number of amides is 1. The van der Waals surface area contributed by atoms with Gasteiger partial charge in [-0.1, -0.05) is 72.8 Å². The zero-order valence-electron chi connectivity index (χ0n) is 40.3. The number of hydrogen-bond donors (Lipinski definition) is 0. The number of hydrogen-bond acceptors (Lipinski definition) is 16. The van der Waals surface area contributed by atoms with Gasteiger partial charge < -0.3 is 42.8 Å². The van der Waals surface area contributed by atoms with Gasteiger partial charge in [-0.05, 0) is 94.6 Å². The second kappa shape index (κ2) is 18.9. The maximum atomic E-state index is 14.4. The summed E-state index contributed by atoms with van der Waals surface area (Å²) in [4.78, 5) is 81.0. The Hall–Kier alpha value is -7.96. The van der Waals surface area contributed by atoms with Gasteiger partial charge in [-0.15, -0.1) is 5.10 Å². The van der Waals surface area contributed by atoms with Crippen LogP contribution < -0.4 is 9.47 Å². The minimum absolute atomic E-state index is 0.0227. The fraction of sp³-hybridized carbons (Fsp3) is 0.345. The number of piperidine rings is 1. The number of likely N-dealkylation sites (tertiary alicyclic amines) is 1. The van der Waals surface area contributed by atoms with E-state index in [0.29, 0.717) is 25.1 Å². The van der Waals surface area contributed by atoms with E-state index < -0.39 is 83.7 Å². The second-order valence-corrected chi connectivity index (χ2v) is 19.5. The average molecular weight is 990 g/mol. The second-order valence-electron chi connectivity index (χ2n) is 19.5. The van der Waals surface area contributed by atoms with Crippen molar-refractivity contribution < 1.29 is 61.9 Å². The third-order valence-electron chi connectivity index (χ3n) is 14.1. The van der Waals surface area contributed by atoms with E-state index >= 15 is 0 Å². The Bertz CT molecular complexity index is 3090. The molecule has 73 heavy (non-hydrogen) atoms. The highest BCUT2D eigenvalue weighted by molar-refractivity contribution is 5.91. The number of aromatic nitrogens is 4. The van der Waals surface area contributed by atoms with E-state index in [1.54, 1.807) is 142 Å². The van der Waals surface area contributed by atoms with Crippen molar-refractivity contribution in [3.63, 3.8) is 0 Å². The molecule has 0 saturated carbocycles. The molecule has 1 spiro atoms. The van der Waals surface area contributed by atoms with Gasteiger partial charge in [0.05, 0.1) is 28.7 Å². The first-order valence-corrected chi connectivity index (χ1v) is 24.3. The largest absolute Gasteiger partial charge is 0.482 e. The number of fused-ring (bicyclic) bond motifs is 1. The maximum absolute atomic E-state index is 14.4. The summed E-state index contributed by atoms with van der Waals surface area (Å²) in [5.74, 6) is -2.49. The molecule has 2 aliphatic carbocycles. The first kappa shape index (κ1) is 47.4. The normalized spacial score (nSPS) is 26.5. The molecule has 2 fully saturated rings. The molecule has 10 atom stereocenters. The minimum atomic E-state index is -1.66. The number of esters is 4. The predicted octanol–water partition coefficient (Wildman–Crippen LogP) is 7.21. The quantitative estimate of drug-likeness (QED) is 0.0544. The van der Waals surface area contributed by atoms with E-state index in [2.05, 4.69) is 15.1 Å². The molecule has 18 heteroatoms. The number of ether oxygens (including phenoxy) is 8. The van der Waals surface area contributed by atoms with E-state index in [1.807, 2.05) is 18.2 Å². The Balaban J connectivity index is 1.05. The zero-order chi connectivity index (χ0) is 50.6. The molecule has 0 radical (unpaired) electrons. The molecule has 0 unspecified atom stereocenters. The molecule has 11 rings (SSSR count). The summed E-state index contributed by atoms with van der Waals surface area (Å²) in [6.45, 7) is 7.57. The van der Waals surface area contributed by atoms with E-state index in [-0.39, 0.29) is 52.6 Å². The highest BCUT2D eigenvalue weighted by Crippen LogP contribution is 2.63. The van der Waals surface area contributed by atoms with E-state index in [1.165, 1.54) is 10.7 Å². The van der Waals surface area contributed by atoms with Crippen molar-refractivity contribution in [2.75, 3.05) is 13.2 Å². The highest BCUT2D eigenvalue weighted by atomic mass is 16.7. The Morgan fingerprint density at radius 1 is 0.767 bits per heavy atom. The van der Waals surface area contributed by atoms with Gasteiger partial charge in [0.1, 0.15) is 12.2 Å². The maximum Gasteiger partial charge on any atom is 0.410 e. The molecule has 4 aromatic carbocycles. The lowest BCUT2D eigenvalue weighted by molar-refractivity contribution is -0.311. The molecular formula is C55H51N5O13. The third kappa shape index (κ3) is 8.52. The van der Waals surface area contributed by atoms with E-state index in [0.717, 1.165) is 11.1 Å². The highest BCUT2D eigenvalue weighted by Gasteiger charge is 2.67. The summed E-state index contributed by atoms with van der Waals surface area (Å²) in [6, 6.07) is 29.5. The molecule has 5 heterocycles. The van der Waals surface area contributed by atoms with Crippen LogP contribution in [0.2, 0.25) is 0 Å². The number of benzene rings is 4. The Morgan fingerprint density at radius 3 is 2.01 bits per heavy atom. The van der Waals surface area contributed by atoms with Crippen molar-refractivity contribution in [1.29, 1.82) is 0 Å². The standard InChI is InChI=1S/C55H51N5O13/c1-5-66-53(65)59-29-26-55-35-23-25-38(45(55)69-40-37(68-51(64)54(2,3)4)24-22-34(39(40)55)30-36(35)59)67-50-44(72-49(63)33-20-13-8-14-21-33)42(71-48(62)32-18-11-7-12-19-32)41(70-47(61)31-16-9-6-10-17-31)43(73-50)46-57-52-56-27-15-28-60(52)58-46/h6-25,27-28,35-36,38,41-45,50H,5,26,29-30H2,1-4H3/t35-,36+,38-,41-,42-,43-,44+,45-,50+,55-/m0/s1. The predicted molar refractivity (Wildman–Crippen MR) is 256 cm³/mol. The molecular weight excluding hydrogens is 939 g/mol. The fourth-order valence-electron chi connectivity index (χ4n) is 10.7. The average Bonchev–Trinajstić information content (AvgIpc) is 4.01. The number of rotatable bonds is 11. The fourth-order valence-corrected chi connectivity index (χ4v) is 10.7. The van der Waals surface area contributed by atoms with Gasteiger partial charge in [-0.25, -0.2) is 28.7 Å². The summed E-state index contributed by atoms with van der Waals surface area (Å²) in [5.41, 5.74) is 0.520. The van der Waals surface area contributed by atoms with Gasteiger partial charge in [-0.2, -0.15) is 4.98 Å². The van der Waals surface area contributed by atoms with Crippen LogP contribution in [0.3, 0.4) is 0 Å². The lowest BCUT2D eigenvalue weighted by atomic mass is 9.53. The van der Waals surface area contributed by atoms with Crippen LogP contribution in [0.4, 0.5) is 4.79 Å². The van der Waals surface area contributed by atoms with Crippen LogP contribution in [-0.2, 0) is 45.1 Å². The number of nitrogens with zero attached hydrogens (tertiary/aromatic N) is 5. The summed E-state index contributed by atoms with van der Waals surface area (Å²) in [6.07, 6.45) is -2.45. The lowest BCUT2D eigenvalue weighted by Gasteiger charge is -2.57. The molecule has 2 saturated heterocycles. The van der Waals surface area contributed by atoms with Gasteiger partial charge in [0, 0.05) is 41.9 Å². The van der Waals surface area contributed by atoms with Gasteiger partial charge >= 0.3 is 30.0 Å². The third-order valence-corrected chi connectivity index (χ3v) is 14.1. The molecule has 374 valence electrons. The molecule has 5 aliphatic rings. The topological polar surface area (TPSA) is 206 Å². The van der Waals surface area contributed by atoms with E-state index in [9.17, 15) is 24.0 Å². The SMILES string of the molecule is CCOC(=O)N1CC[C@]23c4c5ccc(OC(=O)C(C)(C)C)c4O[C@H]2[C@@H](O[C@@H]2O[C@H](c4nc6ncccn6n4)[C@@H](OC(=O)c4ccccc4)[C@H](OC(=O)c4ccccc4)[C@H]2OC(=O)c2ccccc2)C=C[C@H]3[C@H]1C5. The first-order valence-electron chi connectivity index (χ1n) is 24.3. The first-order chi connectivity index (χ1) is 35.3. The molecule has 1 amide bonds. The summed E-state index contributed by atoms with van der Waals surface area (Å²) < 4.78 is 53.4. The molecule has 3 aliphatic heterocycles. The van der Waals surface area contributed by atoms with Crippen molar-refractivity contribution in [1.82, 2.24) is 24.5 Å². The van der Waals surface area contributed by atoms with Crippen LogP contribution in [0, 0.1) is 11.3 Å². The molecule has 18 nitrogen and oxygen atoms in total. The molecule has 2 aromatic heterocycles. The Morgan fingerprint density at radius 2 is 1.40 bits per heavy atom. The van der Waals surface area contributed by atoms with Gasteiger partial charge in [0.15, 0.2) is 41.7 Å². The monoisotopic (exact) mass is 989 g/mol. The summed E-state index contributed by atoms with van der Waals surface area (Å²) in [7, 11) is 0. The Labute approximate surface area is 419 Å². The van der Waals surface area contributed by atoms with Crippen molar-refractivity contribution >= 4 is 35.7 Å². The molecule has 6 aromatic rings. The van der Waals surface area contributed by atoms with Crippen LogP contribution in [0.25, 0.3) is 5.78 Å². The minimum Gasteiger partial charge on any atom is -0.482 e. The number of carbonyl (C=O) groups is 5.